The van der Waals surface area contributed by atoms with Crippen molar-refractivity contribution in [1.82, 2.24) is 28.7 Å². The number of carboxylic acids is 2. The zero-order chi connectivity index (χ0) is 39.6. The number of aromatic carboxylic acids is 2. The van der Waals surface area contributed by atoms with E-state index in [-0.39, 0.29) is 46.1 Å². The minimum Gasteiger partial charge on any atom is -0.494 e. The van der Waals surface area contributed by atoms with Gasteiger partial charge in [-0.3, -0.25) is 19.0 Å². The summed E-state index contributed by atoms with van der Waals surface area (Å²) in [6.07, 6.45) is 6.90. The summed E-state index contributed by atoms with van der Waals surface area (Å²) < 4.78 is 19.1. The average Bonchev–Trinajstić information content (AvgIpc) is 3.91. The summed E-state index contributed by atoms with van der Waals surface area (Å²) >= 11 is 0. The summed E-state index contributed by atoms with van der Waals surface area (Å²) in [4.78, 5) is 48.3. The van der Waals surface area contributed by atoms with E-state index in [1.54, 1.807) is 14.2 Å². The average molecular weight is 759 g/mol. The second-order valence-electron chi connectivity index (χ2n) is 16.7. The number of fused-ring (bicyclic) bond motifs is 16. The molecule has 4 aliphatic rings. The molecule has 2 aliphatic carbocycles. The lowest BCUT2D eigenvalue weighted by atomic mass is 9.84. The summed E-state index contributed by atoms with van der Waals surface area (Å²) in [7, 11) is 3.23. The molecule has 4 atom stereocenters. The number of aromatic nitrogens is 6. The molecule has 0 unspecified atom stereocenters. The fourth-order valence-electron chi connectivity index (χ4n) is 10.1. The van der Waals surface area contributed by atoms with E-state index in [1.165, 1.54) is 24.5 Å². The molecule has 14 nitrogen and oxygen atoms in total. The lowest BCUT2D eigenvalue weighted by Crippen LogP contribution is -2.35. The van der Waals surface area contributed by atoms with Crippen molar-refractivity contribution >= 4 is 33.7 Å². The van der Waals surface area contributed by atoms with Crippen LogP contribution in [0.2, 0.25) is 0 Å². The summed E-state index contributed by atoms with van der Waals surface area (Å²) in [6.45, 7) is 8.76. The molecule has 4 aromatic heterocycles. The van der Waals surface area contributed by atoms with E-state index in [2.05, 4.69) is 27.7 Å². The Balaban J connectivity index is 0.000000146. The van der Waals surface area contributed by atoms with Crippen molar-refractivity contribution in [3.8, 4) is 34.3 Å². The highest BCUT2D eigenvalue weighted by Crippen LogP contribution is 2.58. The normalized spacial score (nSPS) is 21.8. The fraction of sp³-hybridized carbons (Fsp3) is 0.381. The molecule has 0 saturated heterocycles. The van der Waals surface area contributed by atoms with E-state index < -0.39 is 22.8 Å². The smallest absolute Gasteiger partial charge is 0.341 e. The van der Waals surface area contributed by atoms with Crippen LogP contribution in [0.4, 0.5) is 0 Å². The van der Waals surface area contributed by atoms with Crippen LogP contribution in [0.1, 0.15) is 98.3 Å². The molecule has 14 heteroatoms. The number of carboxylic acid groups (broad SMARTS) is 2. The van der Waals surface area contributed by atoms with Crippen molar-refractivity contribution < 1.29 is 29.3 Å². The Bertz CT molecular complexity index is 2600. The van der Waals surface area contributed by atoms with Crippen LogP contribution in [0.5, 0.6) is 11.5 Å². The van der Waals surface area contributed by atoms with Crippen molar-refractivity contribution in [2.24, 2.45) is 10.8 Å². The second kappa shape index (κ2) is 12.2. The van der Waals surface area contributed by atoms with Gasteiger partial charge >= 0.3 is 11.9 Å². The van der Waals surface area contributed by atoms with Gasteiger partial charge in [0.25, 0.3) is 0 Å². The minimum atomic E-state index is -1.20. The van der Waals surface area contributed by atoms with Gasteiger partial charge in [0.1, 0.15) is 33.7 Å². The van der Waals surface area contributed by atoms with Crippen molar-refractivity contribution in [3.63, 3.8) is 0 Å². The molecule has 0 bridgehead atoms. The van der Waals surface area contributed by atoms with Crippen molar-refractivity contribution in [2.75, 3.05) is 14.2 Å². The molecule has 6 heterocycles. The maximum Gasteiger partial charge on any atom is 0.341 e. The molecule has 2 fully saturated rings. The number of benzene rings is 2. The zero-order valence-corrected chi connectivity index (χ0v) is 31.9. The van der Waals surface area contributed by atoms with Crippen LogP contribution in [-0.2, 0) is 0 Å². The molecule has 2 N–H and O–H groups in total. The van der Waals surface area contributed by atoms with E-state index in [0.29, 0.717) is 22.9 Å². The number of rotatable bonds is 4. The minimum absolute atomic E-state index is 0.0222. The number of methoxy groups -OCH3 is 2. The van der Waals surface area contributed by atoms with E-state index in [4.69, 9.17) is 19.7 Å². The van der Waals surface area contributed by atoms with Gasteiger partial charge in [-0.25, -0.2) is 9.59 Å². The van der Waals surface area contributed by atoms with Gasteiger partial charge in [-0.2, -0.15) is 10.2 Å². The highest BCUT2D eigenvalue weighted by Gasteiger charge is 2.50. The quantitative estimate of drug-likeness (QED) is 0.191. The predicted molar refractivity (Wildman–Crippen MR) is 208 cm³/mol. The van der Waals surface area contributed by atoms with Gasteiger partial charge in [0.15, 0.2) is 10.9 Å². The lowest BCUT2D eigenvalue weighted by molar-refractivity contribution is 0.0682. The Labute approximate surface area is 320 Å². The van der Waals surface area contributed by atoms with Gasteiger partial charge in [-0.05, 0) is 48.6 Å². The zero-order valence-electron chi connectivity index (χ0n) is 31.9. The molecule has 288 valence electrons. The molecule has 56 heavy (non-hydrogen) atoms. The maximum absolute atomic E-state index is 12.5. The first-order chi connectivity index (χ1) is 26.7. The topological polar surface area (TPSA) is 173 Å². The van der Waals surface area contributed by atoms with Crippen LogP contribution in [0, 0.1) is 10.8 Å². The number of hydrogen-bond donors (Lipinski definition) is 2. The number of carbonyl (C=O) groups is 2. The Morgan fingerprint density at radius 2 is 1.07 bits per heavy atom. The Morgan fingerprint density at radius 1 is 0.679 bits per heavy atom. The first-order valence-electron chi connectivity index (χ1n) is 18.8. The Kier molecular flexibility index (Phi) is 7.71. The third kappa shape index (κ3) is 4.93. The molecule has 6 aromatic rings. The molecule has 0 spiro atoms. The molecular formula is C42H42N6O8. The fourth-order valence-corrected chi connectivity index (χ4v) is 10.1. The number of hydrogen-bond acceptors (Lipinski definition) is 8. The van der Waals surface area contributed by atoms with Crippen LogP contribution >= 0.6 is 0 Å². The standard InChI is InChI=1S/2C21H21N3O4/c2*1-21(2)8-7-13-19(21)23-10-12(20(26)27)15(25)9-14(23)18-11-5-4-6-16(28-3)17(11)22-24(13)18/h2*4-6,9-10,13,19H,7-8H2,1-3H3,(H,26,27)/t2*13-,19-/m10/s1. The summed E-state index contributed by atoms with van der Waals surface area (Å²) in [5.74, 6) is -1.02. The first kappa shape index (κ1) is 35.5. The number of ether oxygens (including phenoxy) is 2. The molecular weight excluding hydrogens is 716 g/mol. The van der Waals surface area contributed by atoms with Crippen LogP contribution < -0.4 is 20.3 Å². The van der Waals surface area contributed by atoms with E-state index in [0.717, 1.165) is 58.9 Å². The highest BCUT2D eigenvalue weighted by molar-refractivity contribution is 5.98. The van der Waals surface area contributed by atoms with Gasteiger partial charge in [0.2, 0.25) is 0 Å². The lowest BCUT2D eigenvalue weighted by Gasteiger charge is -2.39. The van der Waals surface area contributed by atoms with Gasteiger partial charge in [-0.1, -0.05) is 52.0 Å². The molecule has 2 aromatic carbocycles. The molecule has 2 aliphatic heterocycles. The number of pyridine rings is 2. The third-order valence-electron chi connectivity index (χ3n) is 12.7. The second-order valence-corrected chi connectivity index (χ2v) is 16.7. The highest BCUT2D eigenvalue weighted by atomic mass is 16.5. The van der Waals surface area contributed by atoms with Crippen LogP contribution in [0.3, 0.4) is 0 Å². The molecule has 0 radical (unpaired) electrons. The molecule has 0 amide bonds. The van der Waals surface area contributed by atoms with Crippen molar-refractivity contribution in [3.05, 3.63) is 92.5 Å². The van der Waals surface area contributed by atoms with Gasteiger partial charge in [0.05, 0.1) is 61.2 Å². The molecule has 10 rings (SSSR count). The first-order valence-corrected chi connectivity index (χ1v) is 18.8. The predicted octanol–water partition coefficient (Wildman–Crippen LogP) is 6.98. The van der Waals surface area contributed by atoms with Crippen LogP contribution in [-0.4, -0.2) is 65.1 Å². The monoisotopic (exact) mass is 758 g/mol. The Hall–Kier alpha value is -6.18. The van der Waals surface area contributed by atoms with Crippen LogP contribution in [0.25, 0.3) is 44.6 Å². The number of nitrogens with zero attached hydrogens (tertiary/aromatic N) is 6. The van der Waals surface area contributed by atoms with Gasteiger partial charge in [-0.15, -0.1) is 0 Å². The third-order valence-corrected chi connectivity index (χ3v) is 12.7. The van der Waals surface area contributed by atoms with Gasteiger partial charge < -0.3 is 28.8 Å². The SMILES string of the molecule is COc1cccc2c3n(nc12)[C@@H]1CCC(C)(C)[C@@H]1n1cc(C(=O)O)c(=O)cc1-3.COc1cccc2c3n(nc12)[C@H]1CCC(C)(C)[C@H]1n1cc(C(=O)O)c(=O)cc1-3. The Morgan fingerprint density at radius 3 is 1.43 bits per heavy atom. The van der Waals surface area contributed by atoms with E-state index >= 15 is 0 Å². The summed E-state index contributed by atoms with van der Waals surface area (Å²) in [5.41, 5.74) is 3.16. The largest absolute Gasteiger partial charge is 0.494 e. The van der Waals surface area contributed by atoms with Crippen molar-refractivity contribution in [1.29, 1.82) is 0 Å². The summed E-state index contributed by atoms with van der Waals surface area (Å²) in [6, 6.07) is 14.6. The van der Waals surface area contributed by atoms with Crippen molar-refractivity contribution in [2.45, 2.75) is 77.5 Å². The summed E-state index contributed by atoms with van der Waals surface area (Å²) in [5, 5.41) is 30.5. The maximum atomic E-state index is 12.5. The van der Waals surface area contributed by atoms with E-state index in [1.807, 2.05) is 54.9 Å². The van der Waals surface area contributed by atoms with E-state index in [9.17, 15) is 29.4 Å². The van der Waals surface area contributed by atoms with Crippen LogP contribution in [0.15, 0.2) is 70.5 Å². The van der Waals surface area contributed by atoms with Gasteiger partial charge in [0, 0.05) is 35.3 Å². The molecule has 2 saturated carbocycles.